The van der Waals surface area contributed by atoms with Gasteiger partial charge in [-0.25, -0.2) is 4.98 Å². The molecule has 0 spiro atoms. The second kappa shape index (κ2) is 6.16. The number of carboxylic acid groups (broad SMARTS) is 1. The largest absolute Gasteiger partial charge is 0.481 e. The molecule has 1 fully saturated rings. The van der Waals surface area contributed by atoms with Crippen LogP contribution in [0.25, 0.3) is 10.8 Å². The Balaban J connectivity index is 1.84. The van der Waals surface area contributed by atoms with Crippen molar-refractivity contribution in [2.24, 2.45) is 5.92 Å². The van der Waals surface area contributed by atoms with Crippen molar-refractivity contribution in [3.05, 3.63) is 29.0 Å². The first-order valence-corrected chi connectivity index (χ1v) is 8.34. The Morgan fingerprint density at radius 1 is 1.52 bits per heavy atom. The second-order valence-electron chi connectivity index (χ2n) is 5.83. The van der Waals surface area contributed by atoms with Crippen LogP contribution in [-0.4, -0.2) is 39.5 Å². The monoisotopic (exact) mass is 334 g/mol. The van der Waals surface area contributed by atoms with E-state index in [2.05, 4.69) is 4.98 Å². The van der Waals surface area contributed by atoms with Gasteiger partial charge in [0.15, 0.2) is 10.8 Å². The number of thiazole rings is 1. The van der Waals surface area contributed by atoms with E-state index in [9.17, 15) is 9.59 Å². The number of aromatic nitrogens is 1. The van der Waals surface area contributed by atoms with E-state index < -0.39 is 11.9 Å². The number of furan rings is 1. The van der Waals surface area contributed by atoms with Gasteiger partial charge in [-0.3, -0.25) is 9.59 Å². The number of aliphatic carboxylic acids is 1. The summed E-state index contributed by atoms with van der Waals surface area (Å²) in [5.74, 6) is -1.04. The third-order valence-electron chi connectivity index (χ3n) is 3.87. The summed E-state index contributed by atoms with van der Waals surface area (Å²) in [5.41, 5.74) is 0.394. The quantitative estimate of drug-likeness (QED) is 0.878. The molecule has 6 nitrogen and oxygen atoms in total. The average molecular weight is 334 g/mol. The lowest BCUT2D eigenvalue weighted by molar-refractivity contribution is -0.141. The Morgan fingerprint density at radius 3 is 2.83 bits per heavy atom. The first-order chi connectivity index (χ1) is 11.0. The number of amides is 1. The molecule has 2 aromatic heterocycles. The van der Waals surface area contributed by atoms with Crippen LogP contribution in [0.4, 0.5) is 0 Å². The lowest BCUT2D eigenvalue weighted by atomic mass is 10.1. The minimum Gasteiger partial charge on any atom is -0.481 e. The molecule has 7 heteroatoms. The van der Waals surface area contributed by atoms with Gasteiger partial charge >= 0.3 is 5.97 Å². The zero-order valence-corrected chi connectivity index (χ0v) is 13.8. The molecule has 0 saturated heterocycles. The van der Waals surface area contributed by atoms with Gasteiger partial charge in [0.2, 0.25) is 0 Å². The van der Waals surface area contributed by atoms with Crippen LogP contribution in [0.5, 0.6) is 0 Å². The van der Waals surface area contributed by atoms with Crippen LogP contribution in [0.1, 0.15) is 35.1 Å². The predicted molar refractivity (Wildman–Crippen MR) is 85.4 cm³/mol. The van der Waals surface area contributed by atoms with E-state index in [1.807, 2.05) is 6.92 Å². The van der Waals surface area contributed by atoms with E-state index in [0.29, 0.717) is 16.5 Å². The number of rotatable bonds is 6. The first-order valence-electron chi connectivity index (χ1n) is 7.52. The van der Waals surface area contributed by atoms with Crippen LogP contribution in [-0.2, 0) is 4.79 Å². The highest BCUT2D eigenvalue weighted by Gasteiger charge is 2.36. The number of aryl methyl sites for hydroxylation is 1. The van der Waals surface area contributed by atoms with Crippen LogP contribution in [0.2, 0.25) is 0 Å². The Hall–Kier alpha value is -2.15. The molecule has 1 aliphatic carbocycles. The molecule has 2 aromatic rings. The lowest BCUT2D eigenvalue weighted by Crippen LogP contribution is -2.39. The van der Waals surface area contributed by atoms with Crippen molar-refractivity contribution in [3.63, 3.8) is 0 Å². The third-order valence-corrected chi connectivity index (χ3v) is 4.86. The Labute approximate surface area is 137 Å². The van der Waals surface area contributed by atoms with Crippen molar-refractivity contribution in [2.45, 2.75) is 32.7 Å². The number of carbonyl (C=O) groups is 2. The summed E-state index contributed by atoms with van der Waals surface area (Å²) in [6, 6.07) is 3.72. The summed E-state index contributed by atoms with van der Waals surface area (Å²) in [6.45, 7) is 3.68. The minimum absolute atomic E-state index is 0.137. The summed E-state index contributed by atoms with van der Waals surface area (Å²) in [4.78, 5) is 30.8. The molecule has 0 radical (unpaired) electrons. The minimum atomic E-state index is -0.894. The van der Waals surface area contributed by atoms with Crippen molar-refractivity contribution in [2.75, 3.05) is 6.54 Å². The molecule has 1 N–H and O–H groups in total. The molecule has 1 aliphatic rings. The Morgan fingerprint density at radius 2 is 2.26 bits per heavy atom. The van der Waals surface area contributed by atoms with E-state index in [0.717, 1.165) is 17.7 Å². The van der Waals surface area contributed by atoms with Crippen molar-refractivity contribution in [3.8, 4) is 10.8 Å². The van der Waals surface area contributed by atoms with Gasteiger partial charge in [0.1, 0.15) is 5.69 Å². The average Bonchev–Trinajstić information content (AvgIpc) is 3.05. The summed E-state index contributed by atoms with van der Waals surface area (Å²) in [6.07, 6.45) is 3.41. The molecule has 2 heterocycles. The van der Waals surface area contributed by atoms with Crippen LogP contribution in [0.15, 0.2) is 22.8 Å². The molecule has 23 heavy (non-hydrogen) atoms. The fourth-order valence-electron chi connectivity index (χ4n) is 2.39. The molecule has 1 unspecified atom stereocenters. The van der Waals surface area contributed by atoms with Crippen molar-refractivity contribution in [1.29, 1.82) is 0 Å². The fourth-order valence-corrected chi connectivity index (χ4v) is 3.27. The van der Waals surface area contributed by atoms with Gasteiger partial charge in [0.25, 0.3) is 5.91 Å². The Bertz CT molecular complexity index is 719. The number of carbonyl (C=O) groups excluding carboxylic acids is 1. The lowest BCUT2D eigenvalue weighted by Gasteiger charge is -2.23. The molecular weight excluding hydrogens is 316 g/mol. The number of carboxylic acids is 1. The second-order valence-corrected chi connectivity index (χ2v) is 7.03. The number of hydrogen-bond acceptors (Lipinski definition) is 5. The van der Waals surface area contributed by atoms with Crippen LogP contribution >= 0.6 is 11.3 Å². The highest BCUT2D eigenvalue weighted by atomic mass is 32.1. The van der Waals surface area contributed by atoms with E-state index in [-0.39, 0.29) is 18.5 Å². The van der Waals surface area contributed by atoms with Crippen molar-refractivity contribution >= 4 is 23.2 Å². The van der Waals surface area contributed by atoms with E-state index in [1.54, 1.807) is 30.2 Å². The van der Waals surface area contributed by atoms with Crippen LogP contribution in [0.3, 0.4) is 0 Å². The molecule has 1 amide bonds. The zero-order valence-electron chi connectivity index (χ0n) is 13.0. The highest BCUT2D eigenvalue weighted by Crippen LogP contribution is 2.32. The predicted octanol–water partition coefficient (Wildman–Crippen LogP) is 3.04. The van der Waals surface area contributed by atoms with Gasteiger partial charge in [-0.2, -0.15) is 0 Å². The smallest absolute Gasteiger partial charge is 0.308 e. The number of nitrogens with zero attached hydrogens (tertiary/aromatic N) is 2. The molecular formula is C16H18N2O4S. The zero-order chi connectivity index (χ0) is 16.6. The molecule has 3 rings (SSSR count). The van der Waals surface area contributed by atoms with Gasteiger partial charge in [-0.1, -0.05) is 6.92 Å². The van der Waals surface area contributed by atoms with Gasteiger partial charge in [-0.05, 0) is 31.9 Å². The summed E-state index contributed by atoms with van der Waals surface area (Å²) < 4.78 is 5.33. The maximum Gasteiger partial charge on any atom is 0.308 e. The van der Waals surface area contributed by atoms with Crippen LogP contribution < -0.4 is 0 Å². The summed E-state index contributed by atoms with van der Waals surface area (Å²) in [7, 11) is 0. The molecule has 0 aliphatic heterocycles. The summed E-state index contributed by atoms with van der Waals surface area (Å²) >= 11 is 1.41. The van der Waals surface area contributed by atoms with Crippen LogP contribution in [0, 0.1) is 12.8 Å². The molecule has 0 aromatic carbocycles. The van der Waals surface area contributed by atoms with Gasteiger partial charge < -0.3 is 14.4 Å². The third kappa shape index (κ3) is 3.29. The van der Waals surface area contributed by atoms with Gasteiger partial charge in [0, 0.05) is 17.5 Å². The molecule has 122 valence electrons. The highest BCUT2D eigenvalue weighted by molar-refractivity contribution is 7.15. The van der Waals surface area contributed by atoms with E-state index in [1.165, 1.54) is 11.3 Å². The van der Waals surface area contributed by atoms with Gasteiger partial charge in [-0.15, -0.1) is 11.3 Å². The molecule has 1 atom stereocenters. The maximum absolute atomic E-state index is 12.8. The van der Waals surface area contributed by atoms with Gasteiger partial charge in [0.05, 0.1) is 12.2 Å². The number of hydrogen-bond donors (Lipinski definition) is 1. The Kier molecular flexibility index (Phi) is 4.21. The normalized spacial score (nSPS) is 15.4. The van der Waals surface area contributed by atoms with Crippen molar-refractivity contribution < 1.29 is 19.1 Å². The molecule has 1 saturated carbocycles. The van der Waals surface area contributed by atoms with E-state index >= 15 is 0 Å². The standard InChI is InChI=1S/C16H18N2O4S/c1-9(16(20)21)8-18(11-5-6-11)15(19)13-10(2)23-14(17-13)12-4-3-7-22-12/h3-4,7,9,11H,5-6,8H2,1-2H3,(H,20,21). The maximum atomic E-state index is 12.8. The topological polar surface area (TPSA) is 83.6 Å². The summed E-state index contributed by atoms with van der Waals surface area (Å²) in [5, 5.41) is 9.77. The fraction of sp³-hybridized carbons (Fsp3) is 0.438. The molecule has 0 bridgehead atoms. The SMILES string of the molecule is Cc1sc(-c2ccco2)nc1C(=O)N(CC(C)C(=O)O)C1CC1. The van der Waals surface area contributed by atoms with Crippen molar-refractivity contribution in [1.82, 2.24) is 9.88 Å². The first kappa shape index (κ1) is 15.7. The van der Waals surface area contributed by atoms with E-state index in [4.69, 9.17) is 9.52 Å².